The predicted molar refractivity (Wildman–Crippen MR) is 66.7 cm³/mol. The molecule has 104 valence electrons. The zero-order valence-electron chi connectivity index (χ0n) is 10.2. The smallest absolute Gasteiger partial charge is 0.325 e. The fourth-order valence-corrected chi connectivity index (χ4v) is 1.90. The minimum absolute atomic E-state index is 0.00444. The van der Waals surface area contributed by atoms with Crippen LogP contribution in [-0.2, 0) is 14.3 Å². The number of thioether (sulfide) groups is 1. The summed E-state index contributed by atoms with van der Waals surface area (Å²) in [7, 11) is 0. The van der Waals surface area contributed by atoms with E-state index in [2.05, 4.69) is 10.1 Å². The van der Waals surface area contributed by atoms with Crippen molar-refractivity contribution in [2.45, 2.75) is 11.8 Å². The van der Waals surface area contributed by atoms with E-state index in [4.69, 9.17) is 0 Å². The van der Waals surface area contributed by atoms with Gasteiger partial charge in [-0.3, -0.25) is 9.59 Å². The molecule has 1 rings (SSSR count). The van der Waals surface area contributed by atoms with E-state index in [1.807, 2.05) is 0 Å². The average molecular weight is 289 g/mol. The van der Waals surface area contributed by atoms with Crippen molar-refractivity contribution >= 4 is 23.6 Å². The van der Waals surface area contributed by atoms with Gasteiger partial charge >= 0.3 is 5.97 Å². The third-order valence-electron chi connectivity index (χ3n) is 2.00. The molecule has 0 aliphatic carbocycles. The Bertz CT molecular complexity index is 468. The van der Waals surface area contributed by atoms with Gasteiger partial charge in [0, 0.05) is 4.90 Å². The van der Waals surface area contributed by atoms with Crippen LogP contribution in [0.2, 0.25) is 0 Å². The van der Waals surface area contributed by atoms with Gasteiger partial charge in [-0.1, -0.05) is 0 Å². The number of esters is 1. The van der Waals surface area contributed by atoms with Gasteiger partial charge in [-0.2, -0.15) is 0 Å². The Balaban J connectivity index is 2.33. The highest BCUT2D eigenvalue weighted by atomic mass is 32.2. The third-order valence-corrected chi connectivity index (χ3v) is 2.99. The van der Waals surface area contributed by atoms with Gasteiger partial charge in [-0.15, -0.1) is 11.8 Å². The highest BCUT2D eigenvalue weighted by Gasteiger charge is 2.08. The van der Waals surface area contributed by atoms with Crippen LogP contribution < -0.4 is 5.32 Å². The molecule has 0 radical (unpaired) electrons. The molecule has 0 aliphatic rings. The van der Waals surface area contributed by atoms with Crippen molar-refractivity contribution in [3.8, 4) is 0 Å². The topological polar surface area (TPSA) is 55.4 Å². The van der Waals surface area contributed by atoms with Crippen LogP contribution in [0.3, 0.4) is 0 Å². The molecule has 1 aromatic rings. The number of carbonyl (C=O) groups excluding carboxylic acids is 2. The standard InChI is InChI=1S/C12H13F2NO3S/c1-2-18-12(17)6-15-11(16)7-19-8-3-4-9(13)10(14)5-8/h3-5H,2,6-7H2,1H3,(H,15,16). The lowest BCUT2D eigenvalue weighted by molar-refractivity contribution is -0.143. The quantitative estimate of drug-likeness (QED) is 0.640. The van der Waals surface area contributed by atoms with Crippen LogP contribution in [0, 0.1) is 11.6 Å². The third kappa shape index (κ3) is 5.69. The van der Waals surface area contributed by atoms with Crippen LogP contribution in [-0.4, -0.2) is 30.8 Å². The summed E-state index contributed by atoms with van der Waals surface area (Å²) in [6.45, 7) is 1.71. The number of rotatable bonds is 6. The van der Waals surface area contributed by atoms with E-state index in [1.165, 1.54) is 6.07 Å². The van der Waals surface area contributed by atoms with Crippen LogP contribution >= 0.6 is 11.8 Å². The van der Waals surface area contributed by atoms with Crippen LogP contribution in [0.15, 0.2) is 23.1 Å². The van der Waals surface area contributed by atoms with Gasteiger partial charge in [0.15, 0.2) is 11.6 Å². The Labute approximate surface area is 113 Å². The van der Waals surface area contributed by atoms with E-state index in [1.54, 1.807) is 6.92 Å². The zero-order valence-corrected chi connectivity index (χ0v) is 11.1. The van der Waals surface area contributed by atoms with Crippen molar-refractivity contribution in [2.75, 3.05) is 18.9 Å². The number of amides is 1. The second kappa shape index (κ2) is 7.73. The van der Waals surface area contributed by atoms with Crippen LogP contribution in [0.25, 0.3) is 0 Å². The number of hydrogen-bond donors (Lipinski definition) is 1. The molecule has 1 N–H and O–H groups in total. The summed E-state index contributed by atoms with van der Waals surface area (Å²) in [6.07, 6.45) is 0. The summed E-state index contributed by atoms with van der Waals surface area (Å²) in [4.78, 5) is 22.8. The Morgan fingerprint density at radius 1 is 1.32 bits per heavy atom. The molecule has 1 aromatic carbocycles. The normalized spacial score (nSPS) is 10.1. The molecule has 0 aromatic heterocycles. The molecule has 0 saturated carbocycles. The Morgan fingerprint density at radius 3 is 2.68 bits per heavy atom. The second-order valence-corrected chi connectivity index (χ2v) is 4.50. The molecule has 0 aliphatic heterocycles. The highest BCUT2D eigenvalue weighted by molar-refractivity contribution is 8.00. The summed E-state index contributed by atoms with van der Waals surface area (Å²) in [5.41, 5.74) is 0. The summed E-state index contributed by atoms with van der Waals surface area (Å²) in [6, 6.07) is 3.38. The highest BCUT2D eigenvalue weighted by Crippen LogP contribution is 2.19. The van der Waals surface area contributed by atoms with E-state index in [9.17, 15) is 18.4 Å². The molecule has 0 unspecified atom stereocenters. The van der Waals surface area contributed by atoms with Crippen molar-refractivity contribution in [3.05, 3.63) is 29.8 Å². The van der Waals surface area contributed by atoms with Gasteiger partial charge in [-0.05, 0) is 25.1 Å². The molecular weight excluding hydrogens is 276 g/mol. The Kier molecular flexibility index (Phi) is 6.27. The first kappa shape index (κ1) is 15.4. The summed E-state index contributed by atoms with van der Waals surface area (Å²) >= 11 is 1.05. The van der Waals surface area contributed by atoms with Crippen molar-refractivity contribution in [1.82, 2.24) is 5.32 Å². The number of ether oxygens (including phenoxy) is 1. The zero-order chi connectivity index (χ0) is 14.3. The number of nitrogens with one attached hydrogen (secondary N) is 1. The van der Waals surface area contributed by atoms with E-state index >= 15 is 0 Å². The number of benzene rings is 1. The second-order valence-electron chi connectivity index (χ2n) is 3.45. The lowest BCUT2D eigenvalue weighted by atomic mass is 10.3. The first-order chi connectivity index (χ1) is 9.02. The van der Waals surface area contributed by atoms with Crippen molar-refractivity contribution in [2.24, 2.45) is 0 Å². The molecule has 0 heterocycles. The van der Waals surface area contributed by atoms with E-state index in [0.29, 0.717) is 4.90 Å². The maximum Gasteiger partial charge on any atom is 0.325 e. The molecule has 4 nitrogen and oxygen atoms in total. The first-order valence-electron chi connectivity index (χ1n) is 5.53. The van der Waals surface area contributed by atoms with Crippen LogP contribution in [0.1, 0.15) is 6.92 Å². The van der Waals surface area contributed by atoms with Crippen molar-refractivity contribution < 1.29 is 23.1 Å². The summed E-state index contributed by atoms with van der Waals surface area (Å²) < 4.78 is 30.2. The first-order valence-corrected chi connectivity index (χ1v) is 6.51. The molecule has 0 atom stereocenters. The Morgan fingerprint density at radius 2 is 2.05 bits per heavy atom. The average Bonchev–Trinajstić information content (AvgIpc) is 2.38. The maximum absolute atomic E-state index is 12.9. The van der Waals surface area contributed by atoms with Crippen molar-refractivity contribution in [3.63, 3.8) is 0 Å². The fourth-order valence-electron chi connectivity index (χ4n) is 1.15. The van der Waals surface area contributed by atoms with E-state index in [-0.39, 0.29) is 24.8 Å². The summed E-state index contributed by atoms with van der Waals surface area (Å²) in [5.74, 6) is -2.80. The predicted octanol–water partition coefficient (Wildman–Crippen LogP) is 1.74. The Hall–Kier alpha value is -1.63. The molecule has 1 amide bonds. The maximum atomic E-state index is 12.9. The van der Waals surface area contributed by atoms with Gasteiger partial charge < -0.3 is 10.1 Å². The number of carbonyl (C=O) groups is 2. The monoisotopic (exact) mass is 289 g/mol. The van der Waals surface area contributed by atoms with Crippen molar-refractivity contribution in [1.29, 1.82) is 0 Å². The van der Waals surface area contributed by atoms with Gasteiger partial charge in [-0.25, -0.2) is 8.78 Å². The fraction of sp³-hybridized carbons (Fsp3) is 0.333. The minimum Gasteiger partial charge on any atom is -0.465 e. The lowest BCUT2D eigenvalue weighted by Crippen LogP contribution is -2.31. The molecule has 0 spiro atoms. The number of hydrogen-bond acceptors (Lipinski definition) is 4. The minimum atomic E-state index is -0.961. The molecule has 0 fully saturated rings. The van der Waals surface area contributed by atoms with Gasteiger partial charge in [0.25, 0.3) is 0 Å². The van der Waals surface area contributed by atoms with Crippen LogP contribution in [0.5, 0.6) is 0 Å². The lowest BCUT2D eigenvalue weighted by Gasteiger charge is -2.05. The molecule has 19 heavy (non-hydrogen) atoms. The molecule has 0 saturated heterocycles. The van der Waals surface area contributed by atoms with E-state index < -0.39 is 17.6 Å². The molecular formula is C12H13F2NO3S. The van der Waals surface area contributed by atoms with Crippen LogP contribution in [0.4, 0.5) is 8.78 Å². The SMILES string of the molecule is CCOC(=O)CNC(=O)CSc1ccc(F)c(F)c1. The number of halogens is 2. The van der Waals surface area contributed by atoms with Gasteiger partial charge in [0.2, 0.25) is 5.91 Å². The molecule has 7 heteroatoms. The van der Waals surface area contributed by atoms with Gasteiger partial charge in [0.1, 0.15) is 6.54 Å². The van der Waals surface area contributed by atoms with E-state index in [0.717, 1.165) is 23.9 Å². The van der Waals surface area contributed by atoms with Gasteiger partial charge in [0.05, 0.1) is 12.4 Å². The molecule has 0 bridgehead atoms. The largest absolute Gasteiger partial charge is 0.465 e. The summed E-state index contributed by atoms with van der Waals surface area (Å²) in [5, 5.41) is 2.36.